The predicted octanol–water partition coefficient (Wildman–Crippen LogP) is 0.449. The van der Waals surface area contributed by atoms with Crippen molar-refractivity contribution in [3.63, 3.8) is 0 Å². The summed E-state index contributed by atoms with van der Waals surface area (Å²) >= 11 is 0. The van der Waals surface area contributed by atoms with Gasteiger partial charge in [-0.15, -0.1) is 0 Å². The van der Waals surface area contributed by atoms with Crippen LogP contribution in [0.15, 0.2) is 0 Å². The van der Waals surface area contributed by atoms with Crippen LogP contribution in [0.5, 0.6) is 0 Å². The van der Waals surface area contributed by atoms with Crippen molar-refractivity contribution in [1.29, 1.82) is 0 Å². The number of nitrogens with zero attached hydrogens (tertiary/aromatic N) is 2. The molecule has 1 amide bonds. The molecule has 1 saturated carbocycles. The van der Waals surface area contributed by atoms with Gasteiger partial charge in [0.1, 0.15) is 0 Å². The summed E-state index contributed by atoms with van der Waals surface area (Å²) in [7, 11) is 0. The maximum absolute atomic E-state index is 12.4. The van der Waals surface area contributed by atoms with Crippen LogP contribution in [0, 0.1) is 0 Å². The van der Waals surface area contributed by atoms with E-state index in [2.05, 4.69) is 17.1 Å². The molecule has 2 aliphatic heterocycles. The maximum Gasteiger partial charge on any atom is 0.239 e. The fourth-order valence-electron chi connectivity index (χ4n) is 3.57. The molecular formula is C15H27N3O2. The summed E-state index contributed by atoms with van der Waals surface area (Å²) in [5.74, 6) is 0.228. The number of nitrogens with one attached hydrogen (secondary N) is 1. The lowest BCUT2D eigenvalue weighted by Crippen LogP contribution is -2.51. The number of rotatable bonds is 4. The minimum Gasteiger partial charge on any atom is -0.378 e. The van der Waals surface area contributed by atoms with E-state index in [4.69, 9.17) is 4.74 Å². The van der Waals surface area contributed by atoms with Gasteiger partial charge in [0.2, 0.25) is 5.91 Å². The highest BCUT2D eigenvalue weighted by atomic mass is 16.5. The van der Waals surface area contributed by atoms with Crippen LogP contribution in [0.25, 0.3) is 0 Å². The van der Waals surface area contributed by atoms with Gasteiger partial charge in [-0.3, -0.25) is 9.69 Å². The molecule has 2 heterocycles. The smallest absolute Gasteiger partial charge is 0.239 e. The standard InChI is InChI=1S/C15H27N3O2/c1-11-9-13(10-18(11)14-3-4-14)16-12(2)15(19)17-5-7-20-8-6-17/h11-14,16H,3-10H2,1-2H3. The number of hydrogen-bond acceptors (Lipinski definition) is 4. The van der Waals surface area contributed by atoms with E-state index < -0.39 is 0 Å². The maximum atomic E-state index is 12.4. The summed E-state index contributed by atoms with van der Waals surface area (Å²) in [5.41, 5.74) is 0. The number of morpholine rings is 1. The van der Waals surface area contributed by atoms with Crippen molar-refractivity contribution in [1.82, 2.24) is 15.1 Å². The Labute approximate surface area is 121 Å². The minimum absolute atomic E-state index is 0.0792. The van der Waals surface area contributed by atoms with Crippen LogP contribution >= 0.6 is 0 Å². The number of carbonyl (C=O) groups is 1. The molecule has 0 aromatic rings. The van der Waals surface area contributed by atoms with Crippen molar-refractivity contribution >= 4 is 5.91 Å². The van der Waals surface area contributed by atoms with Crippen LogP contribution in [0.2, 0.25) is 0 Å². The Kier molecular flexibility index (Phi) is 4.29. The first-order chi connectivity index (χ1) is 9.65. The molecule has 0 bridgehead atoms. The van der Waals surface area contributed by atoms with E-state index in [1.54, 1.807) is 0 Å². The Morgan fingerprint density at radius 3 is 2.65 bits per heavy atom. The molecule has 5 nitrogen and oxygen atoms in total. The molecule has 20 heavy (non-hydrogen) atoms. The van der Waals surface area contributed by atoms with Gasteiger partial charge in [0.15, 0.2) is 0 Å². The monoisotopic (exact) mass is 281 g/mol. The van der Waals surface area contributed by atoms with E-state index in [0.29, 0.717) is 25.3 Å². The van der Waals surface area contributed by atoms with E-state index in [0.717, 1.165) is 32.1 Å². The summed E-state index contributed by atoms with van der Waals surface area (Å²) in [6.07, 6.45) is 3.88. The first-order valence-corrected chi connectivity index (χ1v) is 8.03. The number of hydrogen-bond donors (Lipinski definition) is 1. The van der Waals surface area contributed by atoms with E-state index >= 15 is 0 Å². The van der Waals surface area contributed by atoms with Gasteiger partial charge in [0.05, 0.1) is 19.3 Å². The molecule has 2 saturated heterocycles. The molecule has 1 aliphatic carbocycles. The molecule has 3 unspecified atom stereocenters. The van der Waals surface area contributed by atoms with Crippen molar-refractivity contribution in [2.75, 3.05) is 32.8 Å². The van der Waals surface area contributed by atoms with E-state index in [9.17, 15) is 4.79 Å². The van der Waals surface area contributed by atoms with E-state index in [-0.39, 0.29) is 11.9 Å². The van der Waals surface area contributed by atoms with Gasteiger partial charge >= 0.3 is 0 Å². The number of carbonyl (C=O) groups excluding carboxylic acids is 1. The normalized spacial score (nSPS) is 33.4. The van der Waals surface area contributed by atoms with Gasteiger partial charge in [-0.1, -0.05) is 0 Å². The molecule has 0 spiro atoms. The fourth-order valence-corrected chi connectivity index (χ4v) is 3.57. The number of amides is 1. The van der Waals surface area contributed by atoms with Gasteiger partial charge in [-0.05, 0) is 33.1 Å². The van der Waals surface area contributed by atoms with Gasteiger partial charge in [-0.25, -0.2) is 0 Å². The van der Waals surface area contributed by atoms with Crippen LogP contribution in [-0.4, -0.2) is 72.7 Å². The molecule has 0 radical (unpaired) electrons. The Morgan fingerprint density at radius 2 is 2.00 bits per heavy atom. The Balaban J connectivity index is 1.48. The zero-order valence-electron chi connectivity index (χ0n) is 12.7. The Bertz CT molecular complexity index is 353. The lowest BCUT2D eigenvalue weighted by Gasteiger charge is -2.30. The SMILES string of the molecule is CC(NC1CC(C)N(C2CC2)C1)C(=O)N1CCOCC1. The van der Waals surface area contributed by atoms with Crippen molar-refractivity contribution < 1.29 is 9.53 Å². The lowest BCUT2D eigenvalue weighted by molar-refractivity contribution is -0.137. The lowest BCUT2D eigenvalue weighted by atomic mass is 10.1. The first-order valence-electron chi connectivity index (χ1n) is 8.03. The van der Waals surface area contributed by atoms with Gasteiger partial charge in [-0.2, -0.15) is 0 Å². The average molecular weight is 281 g/mol. The molecule has 3 aliphatic rings. The third-order valence-corrected chi connectivity index (χ3v) is 4.82. The van der Waals surface area contributed by atoms with E-state index in [1.165, 1.54) is 12.8 Å². The van der Waals surface area contributed by atoms with Crippen molar-refractivity contribution in [3.05, 3.63) is 0 Å². The molecule has 0 aromatic heterocycles. The molecule has 0 aromatic carbocycles. The molecular weight excluding hydrogens is 254 g/mol. The molecule has 5 heteroatoms. The van der Waals surface area contributed by atoms with Crippen molar-refractivity contribution in [3.8, 4) is 0 Å². The second-order valence-corrected chi connectivity index (χ2v) is 6.54. The molecule has 3 rings (SSSR count). The van der Waals surface area contributed by atoms with Gasteiger partial charge < -0.3 is 15.0 Å². The van der Waals surface area contributed by atoms with Crippen LogP contribution in [0.3, 0.4) is 0 Å². The van der Waals surface area contributed by atoms with Gasteiger partial charge in [0, 0.05) is 37.8 Å². The molecule has 3 atom stereocenters. The predicted molar refractivity (Wildman–Crippen MR) is 77.6 cm³/mol. The number of ether oxygens (including phenoxy) is 1. The summed E-state index contributed by atoms with van der Waals surface area (Å²) in [6, 6.07) is 1.86. The molecule has 3 fully saturated rings. The van der Waals surface area contributed by atoms with Crippen LogP contribution in [-0.2, 0) is 9.53 Å². The molecule has 1 N–H and O–H groups in total. The topological polar surface area (TPSA) is 44.8 Å². The first kappa shape index (κ1) is 14.3. The molecule has 114 valence electrons. The summed E-state index contributed by atoms with van der Waals surface area (Å²) in [5, 5.41) is 3.55. The third-order valence-electron chi connectivity index (χ3n) is 4.82. The fraction of sp³-hybridized carbons (Fsp3) is 0.933. The second-order valence-electron chi connectivity index (χ2n) is 6.54. The highest BCUT2D eigenvalue weighted by Gasteiger charge is 2.39. The zero-order chi connectivity index (χ0) is 14.1. The van der Waals surface area contributed by atoms with Crippen molar-refractivity contribution in [2.24, 2.45) is 0 Å². The second kappa shape index (κ2) is 6.00. The van der Waals surface area contributed by atoms with Crippen LogP contribution in [0.4, 0.5) is 0 Å². The quantitative estimate of drug-likeness (QED) is 0.812. The highest BCUT2D eigenvalue weighted by molar-refractivity contribution is 5.81. The highest BCUT2D eigenvalue weighted by Crippen LogP contribution is 2.33. The summed E-state index contributed by atoms with van der Waals surface area (Å²) in [6.45, 7) is 8.24. The summed E-state index contributed by atoms with van der Waals surface area (Å²) in [4.78, 5) is 16.9. The zero-order valence-corrected chi connectivity index (χ0v) is 12.7. The Morgan fingerprint density at radius 1 is 1.30 bits per heavy atom. The van der Waals surface area contributed by atoms with Crippen LogP contribution < -0.4 is 5.32 Å². The van der Waals surface area contributed by atoms with Gasteiger partial charge in [0.25, 0.3) is 0 Å². The largest absolute Gasteiger partial charge is 0.378 e. The third kappa shape index (κ3) is 3.15. The average Bonchev–Trinajstić information content (AvgIpc) is 3.23. The van der Waals surface area contributed by atoms with Crippen LogP contribution in [0.1, 0.15) is 33.1 Å². The number of likely N-dealkylation sites (tertiary alicyclic amines) is 1. The Hall–Kier alpha value is -0.650. The summed E-state index contributed by atoms with van der Waals surface area (Å²) < 4.78 is 5.30. The van der Waals surface area contributed by atoms with E-state index in [1.807, 2.05) is 11.8 Å². The minimum atomic E-state index is -0.0792. The van der Waals surface area contributed by atoms with Crippen molar-refractivity contribution in [2.45, 2.75) is 57.3 Å².